The van der Waals surface area contributed by atoms with Crippen molar-refractivity contribution in [2.24, 2.45) is 0 Å². The Bertz CT molecular complexity index is 208. The van der Waals surface area contributed by atoms with Gasteiger partial charge in [-0.15, -0.1) is 0 Å². The van der Waals surface area contributed by atoms with Gasteiger partial charge in [0.15, 0.2) is 0 Å². The first-order valence-electron chi connectivity index (χ1n) is 5.01. The molecule has 2 amide bonds. The average Bonchev–Trinajstić information content (AvgIpc) is 2.62. The molecule has 0 aromatic heterocycles. The van der Waals surface area contributed by atoms with E-state index in [-0.39, 0.29) is 12.6 Å². The number of aliphatic hydroxyl groups is 1. The summed E-state index contributed by atoms with van der Waals surface area (Å²) in [5, 5.41) is 11.7. The molecule has 4 heteroatoms. The highest BCUT2D eigenvalue weighted by atomic mass is 16.3. The lowest BCUT2D eigenvalue weighted by Gasteiger charge is -2.21. The molecule has 0 spiro atoms. The fraction of sp³-hybridized carbons (Fsp3) is 0.889. The lowest BCUT2D eigenvalue weighted by molar-refractivity contribution is 0.192. The summed E-state index contributed by atoms with van der Waals surface area (Å²) in [5.41, 5.74) is 0. The number of hydrogen-bond donors (Lipinski definition) is 2. The third-order valence-corrected chi connectivity index (χ3v) is 3.01. The highest BCUT2D eigenvalue weighted by Gasteiger charge is 2.41. The summed E-state index contributed by atoms with van der Waals surface area (Å²) >= 11 is 0. The molecule has 0 aromatic rings. The molecule has 0 bridgehead atoms. The van der Waals surface area contributed by atoms with Gasteiger partial charge in [-0.3, -0.25) is 0 Å². The molecule has 2 fully saturated rings. The van der Waals surface area contributed by atoms with Crippen LogP contribution in [0.5, 0.6) is 0 Å². The minimum absolute atomic E-state index is 0.0585. The third-order valence-electron chi connectivity index (χ3n) is 3.01. The van der Waals surface area contributed by atoms with Crippen molar-refractivity contribution in [2.45, 2.75) is 37.8 Å². The fourth-order valence-electron chi connectivity index (χ4n) is 2.38. The van der Waals surface area contributed by atoms with E-state index in [1.807, 2.05) is 4.90 Å². The van der Waals surface area contributed by atoms with Gasteiger partial charge in [-0.1, -0.05) is 0 Å². The Morgan fingerprint density at radius 1 is 1.54 bits per heavy atom. The molecule has 0 aromatic carbocycles. The van der Waals surface area contributed by atoms with Gasteiger partial charge in [0, 0.05) is 13.2 Å². The van der Waals surface area contributed by atoms with Crippen LogP contribution in [-0.2, 0) is 0 Å². The van der Waals surface area contributed by atoms with Crippen molar-refractivity contribution in [2.75, 3.05) is 13.2 Å². The van der Waals surface area contributed by atoms with Gasteiger partial charge < -0.3 is 15.3 Å². The Labute approximate surface area is 77.9 Å². The van der Waals surface area contributed by atoms with E-state index in [0.29, 0.717) is 25.0 Å². The number of amides is 2. The van der Waals surface area contributed by atoms with Crippen LogP contribution in [-0.4, -0.2) is 41.3 Å². The van der Waals surface area contributed by atoms with E-state index in [2.05, 4.69) is 5.32 Å². The number of hydrogen-bond acceptors (Lipinski definition) is 2. The van der Waals surface area contributed by atoms with Crippen LogP contribution in [0.15, 0.2) is 0 Å². The zero-order chi connectivity index (χ0) is 9.26. The molecule has 2 unspecified atom stereocenters. The Kier molecular flexibility index (Phi) is 2.40. The number of nitrogens with one attached hydrogen (secondary N) is 1. The first kappa shape index (κ1) is 8.81. The van der Waals surface area contributed by atoms with Gasteiger partial charge in [0.1, 0.15) is 0 Å². The van der Waals surface area contributed by atoms with E-state index in [1.165, 1.54) is 6.42 Å². The Hall–Kier alpha value is -0.770. The number of carbonyl (C=O) groups is 1. The summed E-state index contributed by atoms with van der Waals surface area (Å²) in [6.07, 6.45) is 4.14. The summed E-state index contributed by atoms with van der Waals surface area (Å²) in [7, 11) is 0. The standard InChI is InChI=1S/C9H16N2O2/c12-6-2-5-11-8-4-1-3-7(8)10-9(11)13/h7-8,12H,1-6H2,(H,10,13). The molecule has 4 nitrogen and oxygen atoms in total. The van der Waals surface area contributed by atoms with Gasteiger partial charge >= 0.3 is 6.03 Å². The maximum atomic E-state index is 11.4. The molecule has 0 radical (unpaired) electrons. The van der Waals surface area contributed by atoms with E-state index in [9.17, 15) is 4.79 Å². The lowest BCUT2D eigenvalue weighted by atomic mass is 10.2. The molecule has 2 rings (SSSR count). The summed E-state index contributed by atoms with van der Waals surface area (Å²) in [6, 6.07) is 0.841. The third kappa shape index (κ3) is 1.50. The topological polar surface area (TPSA) is 52.6 Å². The molecular formula is C9H16N2O2. The first-order valence-corrected chi connectivity index (χ1v) is 5.01. The van der Waals surface area contributed by atoms with Crippen LogP contribution < -0.4 is 5.32 Å². The van der Waals surface area contributed by atoms with Gasteiger partial charge in [0.2, 0.25) is 0 Å². The number of carbonyl (C=O) groups excluding carboxylic acids is 1. The quantitative estimate of drug-likeness (QED) is 0.663. The zero-order valence-corrected chi connectivity index (χ0v) is 7.70. The predicted octanol–water partition coefficient (Wildman–Crippen LogP) is 0.315. The lowest BCUT2D eigenvalue weighted by Crippen LogP contribution is -2.35. The monoisotopic (exact) mass is 184 g/mol. The second kappa shape index (κ2) is 3.54. The number of urea groups is 1. The van der Waals surface area contributed by atoms with Crippen molar-refractivity contribution in [1.82, 2.24) is 10.2 Å². The summed E-state index contributed by atoms with van der Waals surface area (Å²) in [4.78, 5) is 13.3. The fourth-order valence-corrected chi connectivity index (χ4v) is 2.38. The van der Waals surface area contributed by atoms with E-state index in [1.54, 1.807) is 0 Å². The van der Waals surface area contributed by atoms with Crippen LogP contribution in [0.2, 0.25) is 0 Å². The first-order chi connectivity index (χ1) is 6.33. The molecule has 2 aliphatic rings. The second-order valence-corrected chi connectivity index (χ2v) is 3.82. The van der Waals surface area contributed by atoms with Crippen molar-refractivity contribution in [3.8, 4) is 0 Å². The van der Waals surface area contributed by atoms with E-state index in [0.717, 1.165) is 12.8 Å². The van der Waals surface area contributed by atoms with E-state index >= 15 is 0 Å². The van der Waals surface area contributed by atoms with Crippen molar-refractivity contribution >= 4 is 6.03 Å². The Morgan fingerprint density at radius 2 is 2.38 bits per heavy atom. The van der Waals surface area contributed by atoms with Crippen LogP contribution in [0.25, 0.3) is 0 Å². The largest absolute Gasteiger partial charge is 0.396 e. The minimum atomic E-state index is 0.0585. The molecule has 2 N–H and O–H groups in total. The van der Waals surface area contributed by atoms with Crippen molar-refractivity contribution in [3.05, 3.63) is 0 Å². The molecule has 1 aliphatic heterocycles. The van der Waals surface area contributed by atoms with Gasteiger partial charge in [0.25, 0.3) is 0 Å². The van der Waals surface area contributed by atoms with Crippen LogP contribution in [0.1, 0.15) is 25.7 Å². The predicted molar refractivity (Wildman–Crippen MR) is 48.4 cm³/mol. The van der Waals surface area contributed by atoms with Crippen LogP contribution in [0.4, 0.5) is 4.79 Å². The highest BCUT2D eigenvalue weighted by molar-refractivity contribution is 5.77. The Morgan fingerprint density at radius 3 is 3.15 bits per heavy atom. The normalized spacial score (nSPS) is 32.1. The zero-order valence-electron chi connectivity index (χ0n) is 7.70. The van der Waals surface area contributed by atoms with Gasteiger partial charge in [-0.2, -0.15) is 0 Å². The van der Waals surface area contributed by atoms with Crippen LogP contribution in [0.3, 0.4) is 0 Å². The molecule has 2 atom stereocenters. The summed E-state index contributed by atoms with van der Waals surface area (Å²) < 4.78 is 0. The minimum Gasteiger partial charge on any atom is -0.396 e. The smallest absolute Gasteiger partial charge is 0.318 e. The molecule has 1 heterocycles. The van der Waals surface area contributed by atoms with Crippen molar-refractivity contribution in [1.29, 1.82) is 0 Å². The maximum Gasteiger partial charge on any atom is 0.318 e. The van der Waals surface area contributed by atoms with Crippen LogP contribution >= 0.6 is 0 Å². The molecule has 13 heavy (non-hydrogen) atoms. The molecule has 1 aliphatic carbocycles. The number of fused-ring (bicyclic) bond motifs is 1. The number of rotatable bonds is 3. The molecular weight excluding hydrogens is 168 g/mol. The van der Waals surface area contributed by atoms with Gasteiger partial charge in [0.05, 0.1) is 12.1 Å². The van der Waals surface area contributed by atoms with E-state index in [4.69, 9.17) is 5.11 Å². The molecule has 1 saturated carbocycles. The molecule has 74 valence electrons. The Balaban J connectivity index is 1.96. The van der Waals surface area contributed by atoms with Crippen molar-refractivity contribution < 1.29 is 9.90 Å². The maximum absolute atomic E-state index is 11.4. The van der Waals surface area contributed by atoms with Gasteiger partial charge in [-0.25, -0.2) is 4.79 Å². The number of aliphatic hydroxyl groups excluding tert-OH is 1. The highest BCUT2D eigenvalue weighted by Crippen LogP contribution is 2.28. The molecule has 1 saturated heterocycles. The number of nitrogens with zero attached hydrogens (tertiary/aromatic N) is 1. The van der Waals surface area contributed by atoms with Crippen LogP contribution in [0, 0.1) is 0 Å². The van der Waals surface area contributed by atoms with Gasteiger partial charge in [-0.05, 0) is 25.7 Å². The summed E-state index contributed by atoms with van der Waals surface area (Å²) in [6.45, 7) is 0.866. The summed E-state index contributed by atoms with van der Waals surface area (Å²) in [5.74, 6) is 0. The SMILES string of the molecule is O=C1NC2CCCC2N1CCCO. The van der Waals surface area contributed by atoms with Crippen molar-refractivity contribution in [3.63, 3.8) is 0 Å². The van der Waals surface area contributed by atoms with E-state index < -0.39 is 0 Å². The average molecular weight is 184 g/mol. The second-order valence-electron chi connectivity index (χ2n) is 3.82.